The second kappa shape index (κ2) is 6.04. The van der Waals surface area contributed by atoms with Crippen molar-refractivity contribution in [2.75, 3.05) is 0 Å². The molecule has 2 aromatic heterocycles. The molecule has 0 aliphatic heterocycles. The molecule has 0 saturated heterocycles. The standard InChI is InChI=1S/C19H13FN4/c20-16-8-4-7-14(9-16)17-10-18(24-23-17)15-11-21-19(22-12-15)13-5-2-1-3-6-13/h1-12H,(H,23,24). The zero-order chi connectivity index (χ0) is 16.4. The molecule has 0 amide bonds. The van der Waals surface area contributed by atoms with E-state index in [1.807, 2.05) is 42.5 Å². The van der Waals surface area contributed by atoms with Gasteiger partial charge in [0, 0.05) is 29.1 Å². The Morgan fingerprint density at radius 2 is 1.50 bits per heavy atom. The number of benzene rings is 2. The number of aromatic amines is 1. The molecule has 0 bridgehead atoms. The monoisotopic (exact) mass is 316 g/mol. The van der Waals surface area contributed by atoms with Crippen LogP contribution >= 0.6 is 0 Å². The van der Waals surface area contributed by atoms with Crippen LogP contribution in [0.1, 0.15) is 0 Å². The van der Waals surface area contributed by atoms with Gasteiger partial charge in [-0.25, -0.2) is 14.4 Å². The fraction of sp³-hybridized carbons (Fsp3) is 0. The second-order valence-electron chi connectivity index (χ2n) is 5.34. The Morgan fingerprint density at radius 1 is 0.750 bits per heavy atom. The molecular weight excluding hydrogens is 303 g/mol. The Balaban J connectivity index is 1.63. The summed E-state index contributed by atoms with van der Waals surface area (Å²) in [5.41, 5.74) is 3.97. The van der Waals surface area contributed by atoms with E-state index in [1.54, 1.807) is 18.5 Å². The summed E-state index contributed by atoms with van der Waals surface area (Å²) in [7, 11) is 0. The van der Waals surface area contributed by atoms with E-state index >= 15 is 0 Å². The maximum Gasteiger partial charge on any atom is 0.159 e. The van der Waals surface area contributed by atoms with Gasteiger partial charge in [-0.3, -0.25) is 5.10 Å². The van der Waals surface area contributed by atoms with Gasteiger partial charge in [0.15, 0.2) is 5.82 Å². The van der Waals surface area contributed by atoms with Crippen LogP contribution in [0, 0.1) is 5.82 Å². The van der Waals surface area contributed by atoms with Crippen LogP contribution < -0.4 is 0 Å². The molecule has 0 aliphatic carbocycles. The topological polar surface area (TPSA) is 54.5 Å². The molecule has 24 heavy (non-hydrogen) atoms. The zero-order valence-electron chi connectivity index (χ0n) is 12.6. The third kappa shape index (κ3) is 2.79. The second-order valence-corrected chi connectivity index (χ2v) is 5.34. The van der Waals surface area contributed by atoms with Crippen LogP contribution in [0.2, 0.25) is 0 Å². The summed E-state index contributed by atoms with van der Waals surface area (Å²) in [6, 6.07) is 18.0. The fourth-order valence-electron chi connectivity index (χ4n) is 2.47. The predicted octanol–water partition coefficient (Wildman–Crippen LogP) is 4.34. The highest BCUT2D eigenvalue weighted by atomic mass is 19.1. The van der Waals surface area contributed by atoms with Crippen LogP contribution in [0.3, 0.4) is 0 Å². The first-order chi connectivity index (χ1) is 11.8. The molecule has 0 spiro atoms. The van der Waals surface area contributed by atoms with Crippen LogP contribution in [0.4, 0.5) is 4.39 Å². The molecule has 0 fully saturated rings. The largest absolute Gasteiger partial charge is 0.277 e. The maximum atomic E-state index is 13.3. The lowest BCUT2D eigenvalue weighted by Crippen LogP contribution is -1.89. The summed E-state index contributed by atoms with van der Waals surface area (Å²) in [5, 5.41) is 7.19. The smallest absolute Gasteiger partial charge is 0.159 e. The van der Waals surface area contributed by atoms with Crippen molar-refractivity contribution in [2.45, 2.75) is 0 Å². The third-order valence-corrected chi connectivity index (χ3v) is 3.69. The van der Waals surface area contributed by atoms with E-state index in [4.69, 9.17) is 0 Å². The Hall–Kier alpha value is -3.34. The van der Waals surface area contributed by atoms with Gasteiger partial charge in [-0.1, -0.05) is 42.5 Å². The Kier molecular flexibility index (Phi) is 3.59. The Morgan fingerprint density at radius 3 is 2.25 bits per heavy atom. The molecule has 4 rings (SSSR count). The van der Waals surface area contributed by atoms with Gasteiger partial charge < -0.3 is 0 Å². The summed E-state index contributed by atoms with van der Waals surface area (Å²) in [4.78, 5) is 8.79. The van der Waals surface area contributed by atoms with E-state index in [-0.39, 0.29) is 5.82 Å². The molecule has 0 atom stereocenters. The molecule has 116 valence electrons. The number of hydrogen-bond donors (Lipinski definition) is 1. The predicted molar refractivity (Wildman–Crippen MR) is 90.4 cm³/mol. The Bertz CT molecular complexity index is 962. The quantitative estimate of drug-likeness (QED) is 0.611. The van der Waals surface area contributed by atoms with Crippen molar-refractivity contribution >= 4 is 0 Å². The van der Waals surface area contributed by atoms with Gasteiger partial charge in [-0.05, 0) is 18.2 Å². The van der Waals surface area contributed by atoms with Crippen molar-refractivity contribution < 1.29 is 4.39 Å². The van der Waals surface area contributed by atoms with Gasteiger partial charge in [0.05, 0.1) is 11.4 Å². The lowest BCUT2D eigenvalue weighted by Gasteiger charge is -2.00. The highest BCUT2D eigenvalue weighted by molar-refractivity contribution is 5.68. The van der Waals surface area contributed by atoms with Gasteiger partial charge in [0.25, 0.3) is 0 Å². The van der Waals surface area contributed by atoms with Crippen molar-refractivity contribution in [3.8, 4) is 33.9 Å². The SMILES string of the molecule is Fc1cccc(-c2cc(-c3cnc(-c4ccccc4)nc3)n[nH]2)c1. The van der Waals surface area contributed by atoms with Gasteiger partial charge >= 0.3 is 0 Å². The highest BCUT2D eigenvalue weighted by Gasteiger charge is 2.08. The number of H-pyrrole nitrogens is 1. The maximum absolute atomic E-state index is 13.3. The summed E-state index contributed by atoms with van der Waals surface area (Å²) < 4.78 is 13.3. The summed E-state index contributed by atoms with van der Waals surface area (Å²) >= 11 is 0. The molecule has 0 aliphatic rings. The molecule has 0 unspecified atom stereocenters. The minimum Gasteiger partial charge on any atom is -0.277 e. The van der Waals surface area contributed by atoms with Crippen LogP contribution in [-0.2, 0) is 0 Å². The molecule has 1 N–H and O–H groups in total. The van der Waals surface area contributed by atoms with E-state index in [2.05, 4.69) is 20.2 Å². The first kappa shape index (κ1) is 14.3. The Labute approximate surface area is 138 Å². The van der Waals surface area contributed by atoms with Gasteiger partial charge in [-0.2, -0.15) is 5.10 Å². The normalized spacial score (nSPS) is 10.7. The third-order valence-electron chi connectivity index (χ3n) is 3.69. The number of hydrogen-bond acceptors (Lipinski definition) is 3. The average Bonchev–Trinajstić information content (AvgIpc) is 3.13. The van der Waals surface area contributed by atoms with E-state index in [0.717, 1.165) is 22.4 Å². The van der Waals surface area contributed by atoms with E-state index in [1.165, 1.54) is 12.1 Å². The summed E-state index contributed by atoms with van der Waals surface area (Å²) in [6.45, 7) is 0. The molecule has 2 heterocycles. The summed E-state index contributed by atoms with van der Waals surface area (Å²) in [6.07, 6.45) is 3.47. The van der Waals surface area contributed by atoms with Crippen LogP contribution in [-0.4, -0.2) is 20.2 Å². The molecule has 5 heteroatoms. The van der Waals surface area contributed by atoms with Crippen molar-refractivity contribution in [2.24, 2.45) is 0 Å². The first-order valence-corrected chi connectivity index (χ1v) is 7.49. The number of nitrogens with zero attached hydrogens (tertiary/aromatic N) is 3. The molecular formula is C19H13FN4. The highest BCUT2D eigenvalue weighted by Crippen LogP contribution is 2.24. The number of halogens is 1. The molecule has 0 saturated carbocycles. The van der Waals surface area contributed by atoms with Crippen molar-refractivity contribution in [3.63, 3.8) is 0 Å². The van der Waals surface area contributed by atoms with E-state index in [0.29, 0.717) is 11.5 Å². The lowest BCUT2D eigenvalue weighted by molar-refractivity contribution is 0.628. The molecule has 4 aromatic rings. The minimum absolute atomic E-state index is 0.279. The number of aromatic nitrogens is 4. The number of nitrogens with one attached hydrogen (secondary N) is 1. The fourth-order valence-corrected chi connectivity index (χ4v) is 2.47. The van der Waals surface area contributed by atoms with Crippen molar-refractivity contribution in [3.05, 3.63) is 78.9 Å². The minimum atomic E-state index is -0.279. The average molecular weight is 316 g/mol. The zero-order valence-corrected chi connectivity index (χ0v) is 12.6. The molecule has 4 nitrogen and oxygen atoms in total. The van der Waals surface area contributed by atoms with Gasteiger partial charge in [-0.15, -0.1) is 0 Å². The van der Waals surface area contributed by atoms with Crippen molar-refractivity contribution in [1.29, 1.82) is 0 Å². The van der Waals surface area contributed by atoms with E-state index in [9.17, 15) is 4.39 Å². The first-order valence-electron chi connectivity index (χ1n) is 7.49. The van der Waals surface area contributed by atoms with E-state index < -0.39 is 0 Å². The molecule has 2 aromatic carbocycles. The van der Waals surface area contributed by atoms with Gasteiger partial charge in [0.1, 0.15) is 5.82 Å². The van der Waals surface area contributed by atoms with Crippen molar-refractivity contribution in [1.82, 2.24) is 20.2 Å². The molecule has 0 radical (unpaired) electrons. The van der Waals surface area contributed by atoms with Crippen LogP contribution in [0.5, 0.6) is 0 Å². The van der Waals surface area contributed by atoms with Crippen LogP contribution in [0.25, 0.3) is 33.9 Å². The summed E-state index contributed by atoms with van der Waals surface area (Å²) in [5.74, 6) is 0.388. The lowest BCUT2D eigenvalue weighted by atomic mass is 10.1. The van der Waals surface area contributed by atoms with Gasteiger partial charge in [0.2, 0.25) is 0 Å². The number of rotatable bonds is 3. The van der Waals surface area contributed by atoms with Crippen LogP contribution in [0.15, 0.2) is 73.1 Å².